The highest BCUT2D eigenvalue weighted by atomic mass is 16.1. The first kappa shape index (κ1) is 25.7. The maximum Gasteiger partial charge on any atom is 0.256 e. The van der Waals surface area contributed by atoms with Crippen LogP contribution in [0.5, 0.6) is 0 Å². The van der Waals surface area contributed by atoms with Crippen molar-refractivity contribution in [1.29, 1.82) is 0 Å². The van der Waals surface area contributed by atoms with Gasteiger partial charge in [0.05, 0.1) is 0 Å². The quantitative estimate of drug-likeness (QED) is 0.365. The molecule has 0 radical (unpaired) electrons. The van der Waals surface area contributed by atoms with Gasteiger partial charge in [-0.15, -0.1) is 0 Å². The van der Waals surface area contributed by atoms with E-state index >= 15 is 0 Å². The molecule has 0 spiro atoms. The number of hydrogen-bond acceptors (Lipinski definition) is 3. The summed E-state index contributed by atoms with van der Waals surface area (Å²) in [5, 5.41) is 3.12. The summed E-state index contributed by atoms with van der Waals surface area (Å²) in [4.78, 5) is 18.3. The van der Waals surface area contributed by atoms with E-state index in [-0.39, 0.29) is 5.91 Å². The Hall–Kier alpha value is -3.37. The molecule has 1 saturated heterocycles. The Balaban J connectivity index is 1.44. The molecule has 1 N–H and O–H groups in total. The minimum Gasteiger partial charge on any atom is -0.369 e. The molecule has 4 heteroatoms. The maximum absolute atomic E-state index is 13.3. The van der Waals surface area contributed by atoms with E-state index in [1.165, 1.54) is 16.8 Å². The van der Waals surface area contributed by atoms with Gasteiger partial charge in [-0.05, 0) is 79.3 Å². The van der Waals surface area contributed by atoms with Gasteiger partial charge in [-0.1, -0.05) is 61.9 Å². The van der Waals surface area contributed by atoms with E-state index < -0.39 is 0 Å². The Bertz CT molecular complexity index is 1200. The number of nitrogens with zero attached hydrogens (tertiary/aromatic N) is 2. The fourth-order valence-electron chi connectivity index (χ4n) is 4.73. The highest BCUT2D eigenvalue weighted by molar-refractivity contribution is 6.09. The first-order valence-corrected chi connectivity index (χ1v) is 13.0. The standard InChI is InChI=1S/C32H39N3O/c1-23(2)17-18-34-19-21-35(22-20-34)29-15-13-28(14-16-29)33-32(36)30-8-6-7-25(5)31(30)27-11-9-26(10-12-27)24(3)4/h6-17,24H,18-22H2,1-5H3,(H,33,36). The Kier molecular flexibility index (Phi) is 8.27. The number of carbonyl (C=O) groups is 1. The van der Waals surface area contributed by atoms with Gasteiger partial charge in [-0.25, -0.2) is 0 Å². The second kappa shape index (κ2) is 11.6. The Labute approximate surface area is 216 Å². The van der Waals surface area contributed by atoms with E-state index in [4.69, 9.17) is 0 Å². The monoisotopic (exact) mass is 481 g/mol. The van der Waals surface area contributed by atoms with Crippen molar-refractivity contribution in [2.24, 2.45) is 0 Å². The molecule has 1 amide bonds. The molecule has 1 fully saturated rings. The number of nitrogens with one attached hydrogen (secondary N) is 1. The minimum atomic E-state index is -0.0812. The van der Waals surface area contributed by atoms with Crippen molar-refractivity contribution >= 4 is 17.3 Å². The first-order chi connectivity index (χ1) is 17.3. The average Bonchev–Trinajstić information content (AvgIpc) is 2.88. The molecule has 0 aromatic heterocycles. The van der Waals surface area contributed by atoms with Crippen molar-refractivity contribution in [3.8, 4) is 11.1 Å². The van der Waals surface area contributed by atoms with Gasteiger partial charge in [0.2, 0.25) is 0 Å². The van der Waals surface area contributed by atoms with E-state index in [0.717, 1.165) is 55.1 Å². The van der Waals surface area contributed by atoms with Crippen molar-refractivity contribution in [2.45, 2.75) is 40.5 Å². The van der Waals surface area contributed by atoms with Crippen LogP contribution in [0.15, 0.2) is 78.4 Å². The third-order valence-electron chi connectivity index (χ3n) is 7.00. The van der Waals surface area contributed by atoms with Crippen molar-refractivity contribution in [3.05, 3.63) is 95.1 Å². The molecule has 0 aliphatic carbocycles. The fourth-order valence-corrected chi connectivity index (χ4v) is 4.73. The van der Waals surface area contributed by atoms with Gasteiger partial charge in [0.1, 0.15) is 0 Å². The molecule has 3 aromatic carbocycles. The van der Waals surface area contributed by atoms with E-state index in [1.807, 2.05) is 24.3 Å². The number of benzene rings is 3. The number of aryl methyl sites for hydroxylation is 1. The number of carbonyl (C=O) groups excluding carboxylic acids is 1. The van der Waals surface area contributed by atoms with Crippen LogP contribution in [0.1, 0.15) is 55.1 Å². The minimum absolute atomic E-state index is 0.0812. The fraction of sp³-hybridized carbons (Fsp3) is 0.344. The van der Waals surface area contributed by atoms with E-state index in [9.17, 15) is 4.79 Å². The summed E-state index contributed by atoms with van der Waals surface area (Å²) in [5.41, 5.74) is 8.55. The summed E-state index contributed by atoms with van der Waals surface area (Å²) in [7, 11) is 0. The van der Waals surface area contributed by atoms with Gasteiger partial charge in [0.25, 0.3) is 5.91 Å². The summed E-state index contributed by atoms with van der Waals surface area (Å²) in [6.07, 6.45) is 2.30. The predicted molar refractivity (Wildman–Crippen MR) is 153 cm³/mol. The summed E-state index contributed by atoms with van der Waals surface area (Å²) in [5.74, 6) is 0.398. The SMILES string of the molecule is CC(C)=CCN1CCN(c2ccc(NC(=O)c3cccc(C)c3-c3ccc(C(C)C)cc3)cc2)CC1. The van der Waals surface area contributed by atoms with Gasteiger partial charge in [-0.2, -0.15) is 0 Å². The van der Waals surface area contributed by atoms with E-state index in [1.54, 1.807) is 0 Å². The molecule has 0 atom stereocenters. The van der Waals surface area contributed by atoms with Crippen molar-refractivity contribution in [3.63, 3.8) is 0 Å². The topological polar surface area (TPSA) is 35.6 Å². The van der Waals surface area contributed by atoms with Crippen LogP contribution in [0.4, 0.5) is 11.4 Å². The molecule has 188 valence electrons. The lowest BCUT2D eigenvalue weighted by molar-refractivity contribution is 0.102. The molecule has 1 aliphatic rings. The Morgan fingerprint density at radius 2 is 1.58 bits per heavy atom. The second-order valence-electron chi connectivity index (χ2n) is 10.3. The highest BCUT2D eigenvalue weighted by Crippen LogP contribution is 2.30. The van der Waals surface area contributed by atoms with Crippen LogP contribution in [0, 0.1) is 6.92 Å². The van der Waals surface area contributed by atoms with Crippen LogP contribution < -0.4 is 10.2 Å². The summed E-state index contributed by atoms with van der Waals surface area (Å²) in [6.45, 7) is 16.0. The van der Waals surface area contributed by atoms with Gasteiger partial charge in [0.15, 0.2) is 0 Å². The molecule has 36 heavy (non-hydrogen) atoms. The number of hydrogen-bond donors (Lipinski definition) is 1. The third kappa shape index (κ3) is 6.24. The first-order valence-electron chi connectivity index (χ1n) is 13.0. The molecular weight excluding hydrogens is 442 g/mol. The van der Waals surface area contributed by atoms with Crippen LogP contribution in [0.3, 0.4) is 0 Å². The number of amides is 1. The van der Waals surface area contributed by atoms with Crippen molar-refractivity contribution in [1.82, 2.24) is 4.90 Å². The van der Waals surface area contributed by atoms with Gasteiger partial charge < -0.3 is 10.2 Å². The average molecular weight is 482 g/mol. The lowest BCUT2D eigenvalue weighted by Crippen LogP contribution is -2.46. The summed E-state index contributed by atoms with van der Waals surface area (Å²) in [6, 6.07) is 22.8. The van der Waals surface area contributed by atoms with Crippen LogP contribution >= 0.6 is 0 Å². The van der Waals surface area contributed by atoms with Crippen molar-refractivity contribution in [2.75, 3.05) is 42.9 Å². The van der Waals surface area contributed by atoms with Crippen LogP contribution in [0.25, 0.3) is 11.1 Å². The molecule has 0 bridgehead atoms. The van der Waals surface area contributed by atoms with Gasteiger partial charge in [-0.3, -0.25) is 9.69 Å². The van der Waals surface area contributed by atoms with E-state index in [0.29, 0.717) is 11.5 Å². The third-order valence-corrected chi connectivity index (χ3v) is 7.00. The largest absolute Gasteiger partial charge is 0.369 e. The Morgan fingerprint density at radius 1 is 0.917 bits per heavy atom. The smallest absolute Gasteiger partial charge is 0.256 e. The van der Waals surface area contributed by atoms with E-state index in [2.05, 4.69) is 98.3 Å². The van der Waals surface area contributed by atoms with Crippen LogP contribution in [0.2, 0.25) is 0 Å². The zero-order chi connectivity index (χ0) is 25.7. The molecule has 0 unspecified atom stereocenters. The molecule has 4 nitrogen and oxygen atoms in total. The summed E-state index contributed by atoms with van der Waals surface area (Å²) < 4.78 is 0. The molecule has 1 heterocycles. The van der Waals surface area contributed by atoms with Crippen molar-refractivity contribution < 1.29 is 4.79 Å². The normalized spacial score (nSPS) is 14.1. The maximum atomic E-state index is 13.3. The van der Waals surface area contributed by atoms with Gasteiger partial charge >= 0.3 is 0 Å². The van der Waals surface area contributed by atoms with Crippen LogP contribution in [-0.2, 0) is 0 Å². The summed E-state index contributed by atoms with van der Waals surface area (Å²) >= 11 is 0. The molecule has 3 aromatic rings. The van der Waals surface area contributed by atoms with Gasteiger partial charge in [0, 0.05) is 49.7 Å². The molecule has 1 aliphatic heterocycles. The molecular formula is C32H39N3O. The number of anilines is 2. The predicted octanol–water partition coefficient (Wildman–Crippen LogP) is 7.13. The Morgan fingerprint density at radius 3 is 2.19 bits per heavy atom. The highest BCUT2D eigenvalue weighted by Gasteiger charge is 2.18. The zero-order valence-corrected chi connectivity index (χ0v) is 22.3. The number of piperazine rings is 1. The number of rotatable bonds is 7. The molecule has 4 rings (SSSR count). The van der Waals surface area contributed by atoms with Crippen LogP contribution in [-0.4, -0.2) is 43.5 Å². The lowest BCUT2D eigenvalue weighted by Gasteiger charge is -2.35. The zero-order valence-electron chi connectivity index (χ0n) is 22.3. The lowest BCUT2D eigenvalue weighted by atomic mass is 9.92. The second-order valence-corrected chi connectivity index (χ2v) is 10.3. The number of allylic oxidation sites excluding steroid dienone is 1. The molecule has 0 saturated carbocycles.